The molecular formula is C22H27N5O3. The molecule has 158 valence electrons. The third-order valence-electron chi connectivity index (χ3n) is 5.58. The van der Waals surface area contributed by atoms with Crippen LogP contribution in [0.2, 0.25) is 0 Å². The number of aromatic nitrogens is 4. The van der Waals surface area contributed by atoms with Crippen LogP contribution in [0.3, 0.4) is 0 Å². The Balaban J connectivity index is 1.70. The van der Waals surface area contributed by atoms with E-state index in [0.717, 1.165) is 40.8 Å². The number of nitrogens with zero attached hydrogens (tertiary/aromatic N) is 4. The summed E-state index contributed by atoms with van der Waals surface area (Å²) in [5.74, 6) is 1.30. The fourth-order valence-electron chi connectivity index (χ4n) is 3.90. The lowest BCUT2D eigenvalue weighted by Gasteiger charge is -2.26. The number of carbonyl (C=O) groups is 1. The second-order valence-electron chi connectivity index (χ2n) is 7.61. The van der Waals surface area contributed by atoms with Crippen LogP contribution >= 0.6 is 0 Å². The quantitative estimate of drug-likeness (QED) is 0.625. The number of anilines is 1. The largest absolute Gasteiger partial charge is 0.462 e. The van der Waals surface area contributed by atoms with Gasteiger partial charge in [-0.15, -0.1) is 0 Å². The Kier molecular flexibility index (Phi) is 5.67. The van der Waals surface area contributed by atoms with Gasteiger partial charge in [0.15, 0.2) is 5.82 Å². The van der Waals surface area contributed by atoms with Crippen molar-refractivity contribution in [3.63, 3.8) is 0 Å². The number of rotatable bonds is 6. The van der Waals surface area contributed by atoms with E-state index in [1.54, 1.807) is 20.2 Å². The highest BCUT2D eigenvalue weighted by Gasteiger charge is 2.25. The fraction of sp³-hybridized carbons (Fsp3) is 0.455. The van der Waals surface area contributed by atoms with Gasteiger partial charge in [-0.25, -0.2) is 14.5 Å². The van der Waals surface area contributed by atoms with Crippen molar-refractivity contribution in [2.45, 2.75) is 52.8 Å². The van der Waals surface area contributed by atoms with Gasteiger partial charge in [-0.3, -0.25) is 4.98 Å². The monoisotopic (exact) mass is 409 g/mol. The average molecular weight is 409 g/mol. The van der Waals surface area contributed by atoms with E-state index in [1.165, 1.54) is 5.56 Å². The lowest BCUT2D eigenvalue weighted by Crippen LogP contribution is -2.32. The van der Waals surface area contributed by atoms with Crippen molar-refractivity contribution < 1.29 is 14.3 Å². The number of pyridine rings is 1. The first-order valence-electron chi connectivity index (χ1n) is 10.3. The first-order chi connectivity index (χ1) is 14.5. The van der Waals surface area contributed by atoms with Crippen molar-refractivity contribution in [1.29, 1.82) is 0 Å². The molecule has 1 aliphatic heterocycles. The van der Waals surface area contributed by atoms with E-state index in [-0.39, 0.29) is 12.0 Å². The molecule has 1 N–H and O–H groups in total. The van der Waals surface area contributed by atoms with Gasteiger partial charge in [0.05, 0.1) is 24.4 Å². The summed E-state index contributed by atoms with van der Waals surface area (Å²) >= 11 is 0. The summed E-state index contributed by atoms with van der Waals surface area (Å²) in [6.07, 6.45) is 3.32. The highest BCUT2D eigenvalue weighted by molar-refractivity contribution is 6.05. The number of methoxy groups -OCH3 is 1. The van der Waals surface area contributed by atoms with E-state index in [9.17, 15) is 4.79 Å². The summed E-state index contributed by atoms with van der Waals surface area (Å²) in [6, 6.07) is 4.19. The van der Waals surface area contributed by atoms with Crippen molar-refractivity contribution in [2.24, 2.45) is 0 Å². The van der Waals surface area contributed by atoms with Crippen LogP contribution in [0.25, 0.3) is 10.9 Å². The summed E-state index contributed by atoms with van der Waals surface area (Å²) in [5, 5.41) is 9.07. The topological polar surface area (TPSA) is 91.2 Å². The van der Waals surface area contributed by atoms with Crippen LogP contribution in [-0.2, 0) is 29.0 Å². The Labute approximate surface area is 175 Å². The van der Waals surface area contributed by atoms with Crippen LogP contribution in [0, 0.1) is 13.8 Å². The summed E-state index contributed by atoms with van der Waals surface area (Å²) in [5.41, 5.74) is 4.40. The molecule has 1 unspecified atom stereocenters. The van der Waals surface area contributed by atoms with Gasteiger partial charge >= 0.3 is 5.97 Å². The number of hydrogen-bond donors (Lipinski definition) is 1. The Morgan fingerprint density at radius 3 is 2.93 bits per heavy atom. The van der Waals surface area contributed by atoms with Crippen LogP contribution in [-0.4, -0.2) is 45.5 Å². The molecule has 0 spiro atoms. The van der Waals surface area contributed by atoms with Crippen molar-refractivity contribution >= 4 is 22.6 Å². The molecule has 8 heteroatoms. The van der Waals surface area contributed by atoms with E-state index in [2.05, 4.69) is 40.3 Å². The minimum absolute atomic E-state index is 0.106. The molecule has 0 fully saturated rings. The average Bonchev–Trinajstić information content (AvgIpc) is 3.13. The molecule has 3 heterocycles. The van der Waals surface area contributed by atoms with Gasteiger partial charge in [0.25, 0.3) is 0 Å². The molecule has 4 rings (SSSR count). The van der Waals surface area contributed by atoms with Crippen molar-refractivity contribution in [3.8, 4) is 0 Å². The van der Waals surface area contributed by atoms with E-state index >= 15 is 0 Å². The molecule has 0 amide bonds. The van der Waals surface area contributed by atoms with Crippen molar-refractivity contribution in [3.05, 3.63) is 46.7 Å². The maximum Gasteiger partial charge on any atom is 0.341 e. The number of fused-ring (bicyclic) bond motifs is 2. The zero-order chi connectivity index (χ0) is 21.3. The van der Waals surface area contributed by atoms with Gasteiger partial charge in [-0.2, -0.15) is 5.10 Å². The Morgan fingerprint density at radius 2 is 2.17 bits per heavy atom. The molecule has 1 aliphatic rings. The van der Waals surface area contributed by atoms with Crippen LogP contribution in [0.1, 0.15) is 46.5 Å². The molecule has 0 aliphatic carbocycles. The van der Waals surface area contributed by atoms with Gasteiger partial charge in [0, 0.05) is 31.2 Å². The number of ether oxygens (including phenoxy) is 2. The third-order valence-corrected chi connectivity index (χ3v) is 5.58. The highest BCUT2D eigenvalue weighted by atomic mass is 16.5. The van der Waals surface area contributed by atoms with E-state index in [0.29, 0.717) is 31.1 Å². The first-order valence-corrected chi connectivity index (χ1v) is 10.3. The predicted molar refractivity (Wildman–Crippen MR) is 114 cm³/mol. The smallest absolute Gasteiger partial charge is 0.341 e. The summed E-state index contributed by atoms with van der Waals surface area (Å²) in [4.78, 5) is 21.7. The number of hydrogen-bond acceptors (Lipinski definition) is 7. The van der Waals surface area contributed by atoms with Crippen molar-refractivity contribution in [2.75, 3.05) is 19.0 Å². The zero-order valence-corrected chi connectivity index (χ0v) is 17.9. The van der Waals surface area contributed by atoms with Crippen LogP contribution < -0.4 is 5.32 Å². The molecule has 0 saturated heterocycles. The third kappa shape index (κ3) is 3.75. The van der Waals surface area contributed by atoms with Crippen LogP contribution in [0.4, 0.5) is 5.69 Å². The standard InChI is InChI=1S/C22H27N5O3/c1-5-30-22(28)17-10-23-20-14(3)13(2)6-8-16(20)21(17)24-15-7-9-19-25-18(12-29-4)26-27(19)11-15/h6,8,10,15H,5,7,9,11-12H2,1-4H3,(H,23,24). The summed E-state index contributed by atoms with van der Waals surface area (Å²) in [6.45, 7) is 7.31. The second kappa shape index (κ2) is 8.39. The highest BCUT2D eigenvalue weighted by Crippen LogP contribution is 2.31. The summed E-state index contributed by atoms with van der Waals surface area (Å²) in [7, 11) is 1.64. The molecule has 1 atom stereocenters. The second-order valence-corrected chi connectivity index (χ2v) is 7.61. The van der Waals surface area contributed by atoms with Gasteiger partial charge in [0.2, 0.25) is 0 Å². The van der Waals surface area contributed by atoms with Crippen LogP contribution in [0.15, 0.2) is 18.3 Å². The minimum Gasteiger partial charge on any atom is -0.462 e. The van der Waals surface area contributed by atoms with Gasteiger partial charge in [0.1, 0.15) is 18.0 Å². The van der Waals surface area contributed by atoms with E-state index < -0.39 is 0 Å². The number of esters is 1. The molecule has 30 heavy (non-hydrogen) atoms. The minimum atomic E-state index is -0.368. The molecule has 0 bridgehead atoms. The SMILES string of the molecule is CCOC(=O)c1cnc2c(C)c(C)ccc2c1NC1CCc2nc(COC)nn2C1. The zero-order valence-electron chi connectivity index (χ0n) is 17.9. The van der Waals surface area contributed by atoms with Gasteiger partial charge < -0.3 is 14.8 Å². The number of carbonyl (C=O) groups excluding carboxylic acids is 1. The Morgan fingerprint density at radius 1 is 1.33 bits per heavy atom. The molecule has 3 aromatic rings. The normalized spacial score (nSPS) is 15.8. The number of nitrogens with one attached hydrogen (secondary N) is 1. The summed E-state index contributed by atoms with van der Waals surface area (Å²) < 4.78 is 12.4. The first kappa shape index (κ1) is 20.3. The molecule has 0 radical (unpaired) electrons. The number of benzene rings is 1. The lowest BCUT2D eigenvalue weighted by molar-refractivity contribution is 0.0527. The molecule has 2 aromatic heterocycles. The van der Waals surface area contributed by atoms with Crippen LogP contribution in [0.5, 0.6) is 0 Å². The molecule has 0 saturated carbocycles. The van der Waals surface area contributed by atoms with Crippen molar-refractivity contribution in [1.82, 2.24) is 19.7 Å². The maximum atomic E-state index is 12.6. The maximum absolute atomic E-state index is 12.6. The van der Waals surface area contributed by atoms with Gasteiger partial charge in [-0.05, 0) is 38.3 Å². The fourth-order valence-corrected chi connectivity index (χ4v) is 3.90. The lowest BCUT2D eigenvalue weighted by atomic mass is 10.0. The van der Waals surface area contributed by atoms with E-state index in [1.807, 2.05) is 10.7 Å². The molecular weight excluding hydrogens is 382 g/mol. The Hall–Kier alpha value is -3.00. The number of aryl methyl sites for hydroxylation is 3. The predicted octanol–water partition coefficient (Wildman–Crippen LogP) is 3.19. The van der Waals surface area contributed by atoms with E-state index in [4.69, 9.17) is 9.47 Å². The molecule has 1 aromatic carbocycles. The van der Waals surface area contributed by atoms with Gasteiger partial charge in [-0.1, -0.05) is 12.1 Å². The Bertz CT molecular complexity index is 1090. The molecule has 8 nitrogen and oxygen atoms in total.